The summed E-state index contributed by atoms with van der Waals surface area (Å²) in [5.41, 5.74) is 0. The quantitative estimate of drug-likeness (QED) is 0.358. The average molecular weight is 112 g/mol. The van der Waals surface area contributed by atoms with Crippen molar-refractivity contribution >= 4 is 0 Å². The maximum atomic E-state index is 4.00. The minimum absolute atomic E-state index is 1.23. The van der Waals surface area contributed by atoms with Gasteiger partial charge in [0.05, 0.1) is 0 Å². The Morgan fingerprint density at radius 1 is 0.875 bits per heavy atom. The van der Waals surface area contributed by atoms with Gasteiger partial charge in [0.2, 0.25) is 0 Å². The van der Waals surface area contributed by atoms with Crippen molar-refractivity contribution in [1.29, 1.82) is 0 Å². The van der Waals surface area contributed by atoms with Crippen molar-refractivity contribution in [2.45, 2.75) is 12.8 Å². The summed E-state index contributed by atoms with van der Waals surface area (Å²) in [6, 6.07) is 0. The third kappa shape index (κ3) is 3.59. The van der Waals surface area contributed by atoms with Gasteiger partial charge in [-0.05, 0) is 12.8 Å². The molecule has 46 valence electrons. The molecule has 0 fully saturated rings. The summed E-state index contributed by atoms with van der Waals surface area (Å²) in [5, 5.41) is 0. The Balaban J connectivity index is 0.000000222. The van der Waals surface area contributed by atoms with Gasteiger partial charge in [-0.1, -0.05) is 24.3 Å². The molecular weight excluding hydrogens is 100 g/mol. The second-order valence-corrected chi connectivity index (χ2v) is 1.43. The number of nitrogens with two attached hydrogens (primary N) is 2. The lowest BCUT2D eigenvalue weighted by atomic mass is 10.2. The maximum Gasteiger partial charge on any atom is -0.0313 e. The smallest absolute Gasteiger partial charge is 0.0313 e. The Kier molecular flexibility index (Phi) is 5.92. The highest BCUT2D eigenvalue weighted by Gasteiger charge is 1.77. The number of allylic oxidation sites excluding steroid dienone is 4. The molecule has 0 saturated carbocycles. The zero-order valence-electron chi connectivity index (χ0n) is 4.88. The van der Waals surface area contributed by atoms with Crippen molar-refractivity contribution < 1.29 is 0 Å². The molecule has 1 aliphatic carbocycles. The fourth-order valence-electron chi connectivity index (χ4n) is 0.542. The van der Waals surface area contributed by atoms with Crippen molar-refractivity contribution in [3.05, 3.63) is 24.3 Å². The average Bonchev–Trinajstić information content (AvgIpc) is 1.96. The molecule has 0 unspecified atom stereocenters. The normalized spacial score (nSPS) is 14.8. The third-order valence-electron chi connectivity index (χ3n) is 0.883. The molecule has 0 saturated heterocycles. The number of rotatable bonds is 0. The predicted octanol–water partition coefficient (Wildman–Crippen LogP) is 0.711. The first-order chi connectivity index (χ1) is 4.00. The Morgan fingerprint density at radius 3 is 1.38 bits per heavy atom. The van der Waals surface area contributed by atoms with E-state index in [1.807, 2.05) is 0 Å². The van der Waals surface area contributed by atoms with Crippen LogP contribution in [0.25, 0.3) is 0 Å². The number of hydrazine groups is 1. The highest BCUT2D eigenvalue weighted by atomic mass is 15.0. The van der Waals surface area contributed by atoms with E-state index < -0.39 is 0 Å². The zero-order valence-corrected chi connectivity index (χ0v) is 4.88. The second-order valence-electron chi connectivity index (χ2n) is 1.43. The van der Waals surface area contributed by atoms with E-state index in [0.717, 1.165) is 0 Å². The van der Waals surface area contributed by atoms with E-state index in [9.17, 15) is 0 Å². The van der Waals surface area contributed by atoms with Gasteiger partial charge in [-0.2, -0.15) is 0 Å². The van der Waals surface area contributed by atoms with Crippen LogP contribution in [0.15, 0.2) is 24.3 Å². The topological polar surface area (TPSA) is 52.0 Å². The zero-order chi connectivity index (χ0) is 6.24. The van der Waals surface area contributed by atoms with Gasteiger partial charge in [0.1, 0.15) is 0 Å². The van der Waals surface area contributed by atoms with Crippen LogP contribution in [-0.2, 0) is 0 Å². The van der Waals surface area contributed by atoms with E-state index >= 15 is 0 Å². The molecule has 0 amide bonds. The molecule has 0 radical (unpaired) electrons. The molecule has 2 heteroatoms. The molecule has 0 aromatic rings. The molecule has 4 N–H and O–H groups in total. The lowest BCUT2D eigenvalue weighted by molar-refractivity contribution is 1.04. The molecule has 8 heavy (non-hydrogen) atoms. The SMILES string of the molecule is C1=CCCC=C1.NN. The molecule has 0 aromatic carbocycles. The van der Waals surface area contributed by atoms with Gasteiger partial charge in [-0.25, -0.2) is 0 Å². The highest BCUT2D eigenvalue weighted by molar-refractivity contribution is 5.07. The second kappa shape index (κ2) is 6.40. The van der Waals surface area contributed by atoms with Crippen molar-refractivity contribution in [3.63, 3.8) is 0 Å². The van der Waals surface area contributed by atoms with E-state index in [1.54, 1.807) is 0 Å². The van der Waals surface area contributed by atoms with E-state index in [4.69, 9.17) is 0 Å². The first kappa shape index (κ1) is 7.40. The van der Waals surface area contributed by atoms with Crippen LogP contribution >= 0.6 is 0 Å². The number of hydrogen-bond donors (Lipinski definition) is 2. The Hall–Kier alpha value is -0.600. The summed E-state index contributed by atoms with van der Waals surface area (Å²) in [4.78, 5) is 0. The molecule has 0 aliphatic heterocycles. The minimum Gasteiger partial charge on any atom is -0.274 e. The van der Waals surface area contributed by atoms with E-state index in [-0.39, 0.29) is 0 Å². The van der Waals surface area contributed by atoms with Gasteiger partial charge in [-0.15, -0.1) is 0 Å². The van der Waals surface area contributed by atoms with Gasteiger partial charge < -0.3 is 0 Å². The van der Waals surface area contributed by atoms with Crippen molar-refractivity contribution in [2.75, 3.05) is 0 Å². The lowest BCUT2D eigenvalue weighted by Gasteiger charge is -1.88. The molecule has 2 nitrogen and oxygen atoms in total. The molecule has 1 aliphatic rings. The van der Waals surface area contributed by atoms with Gasteiger partial charge >= 0.3 is 0 Å². The van der Waals surface area contributed by atoms with Gasteiger partial charge in [0, 0.05) is 0 Å². The molecule has 0 aromatic heterocycles. The monoisotopic (exact) mass is 112 g/mol. The van der Waals surface area contributed by atoms with Crippen molar-refractivity contribution in [3.8, 4) is 0 Å². The Labute approximate surface area is 49.8 Å². The Morgan fingerprint density at radius 2 is 1.25 bits per heavy atom. The van der Waals surface area contributed by atoms with E-state index in [0.29, 0.717) is 0 Å². The van der Waals surface area contributed by atoms with Crippen LogP contribution in [0.1, 0.15) is 12.8 Å². The summed E-state index contributed by atoms with van der Waals surface area (Å²) in [6.07, 6.45) is 11.0. The first-order valence-electron chi connectivity index (χ1n) is 2.65. The largest absolute Gasteiger partial charge is 0.274 e. The summed E-state index contributed by atoms with van der Waals surface area (Å²) >= 11 is 0. The fourth-order valence-corrected chi connectivity index (χ4v) is 0.542. The molecule has 0 bridgehead atoms. The lowest BCUT2D eigenvalue weighted by Crippen LogP contribution is -2.02. The van der Waals surface area contributed by atoms with Crippen LogP contribution < -0.4 is 11.7 Å². The van der Waals surface area contributed by atoms with Gasteiger partial charge in [-0.3, -0.25) is 11.7 Å². The van der Waals surface area contributed by atoms with Crippen LogP contribution in [0, 0.1) is 0 Å². The van der Waals surface area contributed by atoms with Crippen LogP contribution in [0.5, 0.6) is 0 Å². The third-order valence-corrected chi connectivity index (χ3v) is 0.883. The van der Waals surface area contributed by atoms with Crippen molar-refractivity contribution in [2.24, 2.45) is 11.7 Å². The standard InChI is InChI=1S/C6H8.H4N2/c1-2-4-6-5-3-1;1-2/h1-4H,5-6H2;1-2H2. The molecular formula is C6H12N2. The summed E-state index contributed by atoms with van der Waals surface area (Å²) in [6.45, 7) is 0. The fraction of sp³-hybridized carbons (Fsp3) is 0.333. The molecule has 0 spiro atoms. The van der Waals surface area contributed by atoms with Gasteiger partial charge in [0.15, 0.2) is 0 Å². The van der Waals surface area contributed by atoms with Crippen LogP contribution in [0.4, 0.5) is 0 Å². The van der Waals surface area contributed by atoms with Gasteiger partial charge in [0.25, 0.3) is 0 Å². The van der Waals surface area contributed by atoms with Crippen LogP contribution in [0.3, 0.4) is 0 Å². The molecule has 0 atom stereocenters. The van der Waals surface area contributed by atoms with E-state index in [1.165, 1.54) is 12.8 Å². The minimum atomic E-state index is 1.23. The molecule has 1 rings (SSSR count). The maximum absolute atomic E-state index is 4.00. The van der Waals surface area contributed by atoms with E-state index in [2.05, 4.69) is 36.0 Å². The Bertz CT molecular complexity index is 72.5. The van der Waals surface area contributed by atoms with Crippen LogP contribution in [0.2, 0.25) is 0 Å². The highest BCUT2D eigenvalue weighted by Crippen LogP contribution is 1.98. The predicted molar refractivity (Wildman–Crippen MR) is 35.9 cm³/mol. The first-order valence-corrected chi connectivity index (χ1v) is 2.65. The van der Waals surface area contributed by atoms with Crippen LogP contribution in [-0.4, -0.2) is 0 Å². The summed E-state index contributed by atoms with van der Waals surface area (Å²) in [5.74, 6) is 8.00. The number of hydrogen-bond acceptors (Lipinski definition) is 2. The summed E-state index contributed by atoms with van der Waals surface area (Å²) < 4.78 is 0. The van der Waals surface area contributed by atoms with Crippen molar-refractivity contribution in [1.82, 2.24) is 0 Å². The summed E-state index contributed by atoms with van der Waals surface area (Å²) in [7, 11) is 0. The molecule has 0 heterocycles.